The largest absolute Gasteiger partial charge is 0.388 e. The molecule has 0 aliphatic carbocycles. The van der Waals surface area contributed by atoms with E-state index in [1.807, 2.05) is 37.4 Å². The summed E-state index contributed by atoms with van der Waals surface area (Å²) in [6.45, 7) is 1.59. The first kappa shape index (κ1) is 15.0. The minimum atomic E-state index is -0.460. The van der Waals surface area contributed by atoms with Crippen LogP contribution in [0.1, 0.15) is 23.8 Å². The summed E-state index contributed by atoms with van der Waals surface area (Å²) in [7, 11) is 2.03. The highest BCUT2D eigenvalue weighted by Gasteiger charge is 2.09. The quantitative estimate of drug-likeness (QED) is 0.887. The predicted octanol–water partition coefficient (Wildman–Crippen LogP) is 3.29. The molecule has 1 aromatic heterocycles. The van der Waals surface area contributed by atoms with E-state index in [1.54, 1.807) is 18.3 Å². The van der Waals surface area contributed by atoms with Crippen molar-refractivity contribution in [3.05, 3.63) is 64.9 Å². The lowest BCUT2D eigenvalue weighted by molar-refractivity contribution is 0.147. The molecule has 1 N–H and O–H groups in total. The third-order valence-corrected chi connectivity index (χ3v) is 3.45. The molecule has 1 heterocycles. The molecule has 1 unspecified atom stereocenters. The number of nitrogens with zero attached hydrogens (tertiary/aromatic N) is 2. The molecule has 0 fully saturated rings. The number of aliphatic hydroxyl groups is 1. The van der Waals surface area contributed by atoms with Crippen LogP contribution in [-0.2, 0) is 6.54 Å². The Morgan fingerprint density at radius 2 is 1.95 bits per heavy atom. The zero-order chi connectivity index (χ0) is 14.4. The van der Waals surface area contributed by atoms with Crippen molar-refractivity contribution in [1.82, 2.24) is 9.88 Å². The zero-order valence-corrected chi connectivity index (χ0v) is 12.3. The summed E-state index contributed by atoms with van der Waals surface area (Å²) in [6, 6.07) is 13.2. The zero-order valence-electron chi connectivity index (χ0n) is 11.5. The summed E-state index contributed by atoms with van der Waals surface area (Å²) >= 11 is 5.84. The summed E-state index contributed by atoms with van der Waals surface area (Å²) in [5.74, 6) is 0. The summed E-state index contributed by atoms with van der Waals surface area (Å²) in [6.07, 6.45) is 2.02. The third kappa shape index (κ3) is 4.60. The highest BCUT2D eigenvalue weighted by molar-refractivity contribution is 6.30. The first-order valence-electron chi connectivity index (χ1n) is 6.67. The lowest BCUT2D eigenvalue weighted by Gasteiger charge is -2.18. The van der Waals surface area contributed by atoms with Gasteiger partial charge in [-0.2, -0.15) is 0 Å². The van der Waals surface area contributed by atoms with Crippen LogP contribution in [-0.4, -0.2) is 28.6 Å². The number of aromatic nitrogens is 1. The highest BCUT2D eigenvalue weighted by Crippen LogP contribution is 2.19. The van der Waals surface area contributed by atoms with Crippen molar-refractivity contribution >= 4 is 11.6 Å². The Morgan fingerprint density at radius 3 is 2.60 bits per heavy atom. The minimum absolute atomic E-state index is 0.460. The van der Waals surface area contributed by atoms with Gasteiger partial charge in [0.25, 0.3) is 0 Å². The van der Waals surface area contributed by atoms with Crippen molar-refractivity contribution < 1.29 is 5.11 Å². The molecular weight excluding hydrogens is 272 g/mol. The van der Waals surface area contributed by atoms with E-state index >= 15 is 0 Å². The van der Waals surface area contributed by atoms with Crippen molar-refractivity contribution in [3.8, 4) is 0 Å². The van der Waals surface area contributed by atoms with Crippen LogP contribution in [0.15, 0.2) is 48.7 Å². The fourth-order valence-corrected chi connectivity index (χ4v) is 2.17. The molecule has 0 bridgehead atoms. The number of hydrogen-bond acceptors (Lipinski definition) is 3. The summed E-state index contributed by atoms with van der Waals surface area (Å²) < 4.78 is 0. The van der Waals surface area contributed by atoms with Crippen molar-refractivity contribution in [3.63, 3.8) is 0 Å². The van der Waals surface area contributed by atoms with Gasteiger partial charge in [-0.1, -0.05) is 29.8 Å². The molecule has 20 heavy (non-hydrogen) atoms. The average Bonchev–Trinajstić information content (AvgIpc) is 2.46. The van der Waals surface area contributed by atoms with Crippen LogP contribution in [0.25, 0.3) is 0 Å². The lowest BCUT2D eigenvalue weighted by Crippen LogP contribution is -2.21. The molecule has 4 heteroatoms. The fourth-order valence-electron chi connectivity index (χ4n) is 2.04. The van der Waals surface area contributed by atoms with Gasteiger partial charge in [-0.15, -0.1) is 0 Å². The van der Waals surface area contributed by atoms with Gasteiger partial charge in [0.15, 0.2) is 0 Å². The maximum Gasteiger partial charge on any atom is 0.0802 e. The normalized spacial score (nSPS) is 12.6. The van der Waals surface area contributed by atoms with Gasteiger partial charge in [0.05, 0.1) is 11.8 Å². The van der Waals surface area contributed by atoms with Gasteiger partial charge >= 0.3 is 0 Å². The molecule has 0 saturated carbocycles. The van der Waals surface area contributed by atoms with Gasteiger partial charge in [-0.05, 0) is 43.3 Å². The van der Waals surface area contributed by atoms with Crippen molar-refractivity contribution in [2.75, 3.05) is 13.6 Å². The van der Waals surface area contributed by atoms with E-state index in [2.05, 4.69) is 9.88 Å². The molecule has 0 spiro atoms. The van der Waals surface area contributed by atoms with E-state index in [1.165, 1.54) is 0 Å². The van der Waals surface area contributed by atoms with Crippen LogP contribution >= 0.6 is 11.6 Å². The van der Waals surface area contributed by atoms with E-state index in [-0.39, 0.29) is 0 Å². The topological polar surface area (TPSA) is 36.4 Å². The standard InChI is InChI=1S/C16H19ClN2O/c1-19(12-15-4-2-3-10-18-15)11-9-16(20)13-5-7-14(17)8-6-13/h2-8,10,16,20H,9,11-12H2,1H3. The van der Waals surface area contributed by atoms with Crippen LogP contribution in [0.4, 0.5) is 0 Å². The molecule has 0 aliphatic rings. The van der Waals surface area contributed by atoms with Gasteiger partial charge < -0.3 is 10.0 Å². The van der Waals surface area contributed by atoms with Crippen LogP contribution in [0.3, 0.4) is 0 Å². The Bertz CT molecular complexity index is 516. The smallest absolute Gasteiger partial charge is 0.0802 e. The molecule has 0 aliphatic heterocycles. The minimum Gasteiger partial charge on any atom is -0.388 e. The van der Waals surface area contributed by atoms with Crippen LogP contribution in [0, 0.1) is 0 Å². The van der Waals surface area contributed by atoms with Gasteiger partial charge in [0.2, 0.25) is 0 Å². The Balaban J connectivity index is 1.81. The van der Waals surface area contributed by atoms with Crippen LogP contribution in [0.5, 0.6) is 0 Å². The number of benzene rings is 1. The van der Waals surface area contributed by atoms with E-state index < -0.39 is 6.10 Å². The van der Waals surface area contributed by atoms with Gasteiger partial charge in [0, 0.05) is 24.3 Å². The first-order chi connectivity index (χ1) is 9.65. The molecule has 1 aromatic carbocycles. The van der Waals surface area contributed by atoms with Crippen molar-refractivity contribution in [2.24, 2.45) is 0 Å². The summed E-state index contributed by atoms with van der Waals surface area (Å²) in [5, 5.41) is 10.8. The van der Waals surface area contributed by atoms with Gasteiger partial charge in [-0.25, -0.2) is 0 Å². The highest BCUT2D eigenvalue weighted by atomic mass is 35.5. The fraction of sp³-hybridized carbons (Fsp3) is 0.312. The SMILES string of the molecule is CN(CCC(O)c1ccc(Cl)cc1)Cc1ccccn1. The molecule has 0 radical (unpaired) electrons. The number of rotatable bonds is 6. The van der Waals surface area contributed by atoms with E-state index in [0.29, 0.717) is 11.4 Å². The van der Waals surface area contributed by atoms with Gasteiger partial charge in [-0.3, -0.25) is 4.98 Å². The second kappa shape index (κ2) is 7.39. The Morgan fingerprint density at radius 1 is 1.20 bits per heavy atom. The first-order valence-corrected chi connectivity index (χ1v) is 7.05. The lowest BCUT2D eigenvalue weighted by atomic mass is 10.1. The number of hydrogen-bond donors (Lipinski definition) is 1. The number of pyridine rings is 1. The molecule has 2 rings (SSSR count). The Kier molecular flexibility index (Phi) is 5.53. The molecule has 0 saturated heterocycles. The molecular formula is C16H19ClN2O. The Hall–Kier alpha value is -1.42. The van der Waals surface area contributed by atoms with E-state index in [4.69, 9.17) is 11.6 Å². The average molecular weight is 291 g/mol. The van der Waals surface area contributed by atoms with Crippen molar-refractivity contribution in [1.29, 1.82) is 0 Å². The molecule has 0 amide bonds. The summed E-state index contributed by atoms with van der Waals surface area (Å²) in [5.41, 5.74) is 1.94. The molecule has 1 atom stereocenters. The van der Waals surface area contributed by atoms with E-state index in [9.17, 15) is 5.11 Å². The maximum atomic E-state index is 10.1. The predicted molar refractivity (Wildman–Crippen MR) is 81.6 cm³/mol. The molecule has 3 nitrogen and oxygen atoms in total. The second-order valence-corrected chi connectivity index (χ2v) is 5.35. The maximum absolute atomic E-state index is 10.1. The van der Waals surface area contributed by atoms with Crippen molar-refractivity contribution in [2.45, 2.75) is 19.1 Å². The van der Waals surface area contributed by atoms with Gasteiger partial charge in [0.1, 0.15) is 0 Å². The molecule has 2 aromatic rings. The number of aliphatic hydroxyl groups excluding tert-OH is 1. The monoisotopic (exact) mass is 290 g/mol. The third-order valence-electron chi connectivity index (χ3n) is 3.20. The van der Waals surface area contributed by atoms with E-state index in [0.717, 1.165) is 24.3 Å². The second-order valence-electron chi connectivity index (χ2n) is 4.91. The van der Waals surface area contributed by atoms with Crippen LogP contribution in [0.2, 0.25) is 5.02 Å². The molecule has 106 valence electrons. The van der Waals surface area contributed by atoms with Crippen LogP contribution < -0.4 is 0 Å². The summed E-state index contributed by atoms with van der Waals surface area (Å²) in [4.78, 5) is 6.45. The Labute approximate surface area is 124 Å². The number of halogens is 1.